The fourth-order valence-electron chi connectivity index (χ4n) is 1.42. The second-order valence-corrected chi connectivity index (χ2v) is 3.69. The van der Waals surface area contributed by atoms with E-state index in [2.05, 4.69) is 22.0 Å². The van der Waals surface area contributed by atoms with Crippen LogP contribution in [0.1, 0.15) is 19.0 Å². The molecule has 2 aromatic rings. The van der Waals surface area contributed by atoms with Crippen molar-refractivity contribution >= 4 is 12.2 Å². The van der Waals surface area contributed by atoms with Crippen LogP contribution < -0.4 is 0 Å². The first-order valence-corrected chi connectivity index (χ1v) is 5.29. The largest absolute Gasteiger partial charge is 0.296 e. The second-order valence-electron chi connectivity index (χ2n) is 3.27. The van der Waals surface area contributed by atoms with Crippen LogP contribution in [-0.2, 0) is 6.42 Å². The average molecular weight is 220 g/mol. The molecule has 0 aliphatic rings. The maximum absolute atomic E-state index is 5.23. The molecule has 0 saturated carbocycles. The molecule has 0 fully saturated rings. The first kappa shape index (κ1) is 10.0. The van der Waals surface area contributed by atoms with Gasteiger partial charge in [0.1, 0.15) is 4.64 Å². The third kappa shape index (κ3) is 2.12. The molecule has 0 saturated heterocycles. The molecule has 0 bridgehead atoms. The summed E-state index contributed by atoms with van der Waals surface area (Å²) in [5.74, 6) is 0.727. The summed E-state index contributed by atoms with van der Waals surface area (Å²) in [5.41, 5.74) is 1.13. The molecular formula is C10H12N4S. The van der Waals surface area contributed by atoms with E-state index in [4.69, 9.17) is 12.2 Å². The Kier molecular flexibility index (Phi) is 2.91. The predicted molar refractivity (Wildman–Crippen MR) is 60.5 cm³/mol. The van der Waals surface area contributed by atoms with Crippen molar-refractivity contribution < 1.29 is 0 Å². The number of aryl methyl sites for hydroxylation is 1. The van der Waals surface area contributed by atoms with Gasteiger partial charge in [-0.3, -0.25) is 10.1 Å². The van der Waals surface area contributed by atoms with E-state index in [-0.39, 0.29) is 0 Å². The summed E-state index contributed by atoms with van der Waals surface area (Å²) >= 11 is 5.23. The van der Waals surface area contributed by atoms with Gasteiger partial charge in [0.2, 0.25) is 0 Å². The molecule has 0 aromatic carbocycles. The van der Waals surface area contributed by atoms with E-state index in [0.29, 0.717) is 0 Å². The van der Waals surface area contributed by atoms with Gasteiger partial charge >= 0.3 is 0 Å². The van der Waals surface area contributed by atoms with Gasteiger partial charge in [-0.25, -0.2) is 9.67 Å². The lowest BCUT2D eigenvalue weighted by Gasteiger charge is -1.99. The zero-order valence-corrected chi connectivity index (χ0v) is 9.29. The van der Waals surface area contributed by atoms with E-state index in [0.717, 1.165) is 29.0 Å². The number of aromatic nitrogens is 4. The Bertz CT molecular complexity index is 486. The smallest absolute Gasteiger partial charge is 0.171 e. The molecule has 0 unspecified atom stereocenters. The molecule has 2 heterocycles. The zero-order valence-electron chi connectivity index (χ0n) is 8.47. The summed E-state index contributed by atoms with van der Waals surface area (Å²) in [6, 6.07) is 1.97. The van der Waals surface area contributed by atoms with Crippen LogP contribution in [0.5, 0.6) is 0 Å². The van der Waals surface area contributed by atoms with Crippen LogP contribution in [0.4, 0.5) is 0 Å². The molecule has 15 heavy (non-hydrogen) atoms. The highest BCUT2D eigenvalue weighted by atomic mass is 32.1. The van der Waals surface area contributed by atoms with E-state index in [1.807, 2.05) is 6.07 Å². The van der Waals surface area contributed by atoms with Gasteiger partial charge in [-0.2, -0.15) is 0 Å². The lowest BCUT2D eigenvalue weighted by atomic mass is 10.3. The standard InChI is InChI=1S/C10H12N4S/c1-2-3-8-6-10(15)14(13-8)9-7-11-4-5-12-9/h4-7,13H,2-3H2,1H3. The van der Waals surface area contributed by atoms with Crippen molar-refractivity contribution in [2.75, 3.05) is 0 Å². The first-order valence-electron chi connectivity index (χ1n) is 4.88. The average Bonchev–Trinajstić information content (AvgIpc) is 2.61. The number of rotatable bonds is 3. The van der Waals surface area contributed by atoms with E-state index in [1.54, 1.807) is 23.3 Å². The number of aromatic amines is 1. The molecule has 0 aliphatic carbocycles. The van der Waals surface area contributed by atoms with Gasteiger partial charge in [-0.05, 0) is 12.5 Å². The Labute approximate surface area is 93.0 Å². The fourth-order valence-corrected chi connectivity index (χ4v) is 1.70. The number of nitrogens with one attached hydrogen (secondary N) is 1. The second kappa shape index (κ2) is 4.35. The van der Waals surface area contributed by atoms with Crippen LogP contribution >= 0.6 is 12.2 Å². The Balaban J connectivity index is 2.41. The minimum Gasteiger partial charge on any atom is -0.296 e. The summed E-state index contributed by atoms with van der Waals surface area (Å²) < 4.78 is 2.51. The summed E-state index contributed by atoms with van der Waals surface area (Å²) in [4.78, 5) is 8.19. The van der Waals surface area contributed by atoms with Crippen LogP contribution in [0.25, 0.3) is 5.82 Å². The summed E-state index contributed by atoms with van der Waals surface area (Å²) in [7, 11) is 0. The van der Waals surface area contributed by atoms with Gasteiger partial charge in [0, 0.05) is 18.1 Å². The SMILES string of the molecule is CCCc1cc(=S)n(-c2cnccn2)[nH]1. The third-order valence-electron chi connectivity index (χ3n) is 2.07. The normalized spacial score (nSPS) is 10.5. The number of H-pyrrole nitrogens is 1. The Morgan fingerprint density at radius 1 is 1.47 bits per heavy atom. The van der Waals surface area contributed by atoms with Gasteiger partial charge in [0.15, 0.2) is 5.82 Å². The van der Waals surface area contributed by atoms with Crippen molar-refractivity contribution in [2.45, 2.75) is 19.8 Å². The zero-order chi connectivity index (χ0) is 10.7. The van der Waals surface area contributed by atoms with E-state index in [1.165, 1.54) is 0 Å². The van der Waals surface area contributed by atoms with E-state index < -0.39 is 0 Å². The molecule has 0 atom stereocenters. The van der Waals surface area contributed by atoms with Gasteiger partial charge < -0.3 is 0 Å². The Hall–Kier alpha value is -1.49. The molecule has 1 N–H and O–H groups in total. The molecule has 78 valence electrons. The first-order chi connectivity index (χ1) is 7.31. The van der Waals surface area contributed by atoms with Gasteiger partial charge in [-0.15, -0.1) is 0 Å². The van der Waals surface area contributed by atoms with Crippen LogP contribution in [0.2, 0.25) is 0 Å². The molecule has 2 aromatic heterocycles. The lowest BCUT2D eigenvalue weighted by Crippen LogP contribution is -2.00. The molecule has 0 amide bonds. The maximum Gasteiger partial charge on any atom is 0.171 e. The van der Waals surface area contributed by atoms with E-state index in [9.17, 15) is 0 Å². The molecule has 2 rings (SSSR count). The molecular weight excluding hydrogens is 208 g/mol. The minimum absolute atomic E-state index is 0.727. The van der Waals surface area contributed by atoms with Crippen molar-refractivity contribution in [2.24, 2.45) is 0 Å². The monoisotopic (exact) mass is 220 g/mol. The Morgan fingerprint density at radius 2 is 2.33 bits per heavy atom. The summed E-state index contributed by atoms with van der Waals surface area (Å²) in [6.07, 6.45) is 7.06. The van der Waals surface area contributed by atoms with Crippen molar-refractivity contribution in [3.05, 3.63) is 35.0 Å². The molecule has 5 heteroatoms. The van der Waals surface area contributed by atoms with Crippen LogP contribution in [0, 0.1) is 4.64 Å². The number of hydrogen-bond donors (Lipinski definition) is 1. The van der Waals surface area contributed by atoms with Crippen molar-refractivity contribution in [3.63, 3.8) is 0 Å². The van der Waals surface area contributed by atoms with Gasteiger partial charge in [0.25, 0.3) is 0 Å². The number of hydrogen-bond acceptors (Lipinski definition) is 3. The highest BCUT2D eigenvalue weighted by molar-refractivity contribution is 7.71. The van der Waals surface area contributed by atoms with E-state index >= 15 is 0 Å². The highest BCUT2D eigenvalue weighted by Crippen LogP contribution is 2.06. The summed E-state index contributed by atoms with van der Waals surface area (Å²) in [6.45, 7) is 2.14. The van der Waals surface area contributed by atoms with Crippen LogP contribution in [-0.4, -0.2) is 19.7 Å². The van der Waals surface area contributed by atoms with Crippen molar-refractivity contribution in [3.8, 4) is 5.82 Å². The molecule has 0 spiro atoms. The topological polar surface area (TPSA) is 46.5 Å². The minimum atomic E-state index is 0.727. The predicted octanol–water partition coefficient (Wildman–Crippen LogP) is 2.28. The summed E-state index contributed by atoms with van der Waals surface area (Å²) in [5, 5.41) is 3.21. The third-order valence-corrected chi connectivity index (χ3v) is 2.37. The molecule has 4 nitrogen and oxygen atoms in total. The Morgan fingerprint density at radius 3 is 3.00 bits per heavy atom. The quantitative estimate of drug-likeness (QED) is 0.807. The molecule has 0 radical (unpaired) electrons. The maximum atomic E-state index is 5.23. The fraction of sp³-hybridized carbons (Fsp3) is 0.300. The van der Waals surface area contributed by atoms with Crippen molar-refractivity contribution in [1.82, 2.24) is 19.7 Å². The number of nitrogens with zero attached hydrogens (tertiary/aromatic N) is 3. The van der Waals surface area contributed by atoms with Crippen LogP contribution in [0.15, 0.2) is 24.7 Å². The van der Waals surface area contributed by atoms with Crippen LogP contribution in [0.3, 0.4) is 0 Å². The van der Waals surface area contributed by atoms with Crippen molar-refractivity contribution in [1.29, 1.82) is 0 Å². The lowest BCUT2D eigenvalue weighted by molar-refractivity contribution is 0.781. The highest BCUT2D eigenvalue weighted by Gasteiger charge is 2.02. The molecule has 0 aliphatic heterocycles. The van der Waals surface area contributed by atoms with Gasteiger partial charge in [-0.1, -0.05) is 25.6 Å². The van der Waals surface area contributed by atoms with Gasteiger partial charge in [0.05, 0.1) is 6.20 Å².